The second kappa shape index (κ2) is 5.65. The largest absolute Gasteiger partial charge is 1.00 e. The molecule has 0 aliphatic carbocycles. The second-order valence-electron chi connectivity index (χ2n) is 4.31. The van der Waals surface area contributed by atoms with E-state index in [4.69, 9.17) is 0 Å². The van der Waals surface area contributed by atoms with Gasteiger partial charge in [-0.1, -0.05) is 18.2 Å². The molecule has 1 aromatic rings. The van der Waals surface area contributed by atoms with Crippen LogP contribution in [0, 0.1) is 3.57 Å². The van der Waals surface area contributed by atoms with Gasteiger partial charge in [0.05, 0.1) is 21.1 Å². The molecule has 3 heteroatoms. The normalized spacial score (nSPS) is 13.2. The Morgan fingerprint density at radius 1 is 1.14 bits per heavy atom. The molecule has 0 aromatic heterocycles. The maximum Gasteiger partial charge on any atom is 0.112 e. The fraction of sp³-hybridized carbons (Fsp3) is 0.455. The monoisotopic (exact) mass is 417 g/mol. The van der Waals surface area contributed by atoms with E-state index >= 15 is 0 Å². The van der Waals surface area contributed by atoms with Crippen LogP contribution < -0.4 is 24.0 Å². The molecule has 0 N–H and O–H groups in total. The van der Waals surface area contributed by atoms with Crippen LogP contribution in [0.15, 0.2) is 24.3 Å². The van der Waals surface area contributed by atoms with Crippen molar-refractivity contribution in [2.75, 3.05) is 21.1 Å². The molecule has 0 heterocycles. The number of benzene rings is 1. The Hall–Kier alpha value is 0.640. The quantitative estimate of drug-likeness (QED) is 0.472. The van der Waals surface area contributed by atoms with E-state index in [2.05, 4.69) is 74.9 Å². The molecule has 1 atom stereocenters. The average molecular weight is 417 g/mol. The van der Waals surface area contributed by atoms with E-state index in [1.165, 1.54) is 9.13 Å². The van der Waals surface area contributed by atoms with Crippen molar-refractivity contribution in [1.82, 2.24) is 0 Å². The number of hydrogen-bond acceptors (Lipinski definition) is 0. The zero-order chi connectivity index (χ0) is 10.1. The van der Waals surface area contributed by atoms with Gasteiger partial charge >= 0.3 is 0 Å². The third-order valence-electron chi connectivity index (χ3n) is 2.52. The lowest BCUT2D eigenvalue weighted by molar-refractivity contribution is -0.900. The molecule has 0 unspecified atom stereocenters. The first-order valence-corrected chi connectivity index (χ1v) is 5.56. The van der Waals surface area contributed by atoms with Crippen molar-refractivity contribution in [2.24, 2.45) is 0 Å². The molecule has 0 saturated heterocycles. The number of nitrogens with zero attached hydrogens (tertiary/aromatic N) is 1. The Labute approximate surface area is 118 Å². The van der Waals surface area contributed by atoms with E-state index in [1.54, 1.807) is 0 Å². The number of rotatable bonds is 2. The highest BCUT2D eigenvalue weighted by atomic mass is 127. The molecular weight excluding hydrogens is 400 g/mol. The van der Waals surface area contributed by atoms with Gasteiger partial charge < -0.3 is 28.5 Å². The summed E-state index contributed by atoms with van der Waals surface area (Å²) in [5.74, 6) is 0. The molecule has 0 bridgehead atoms. The Morgan fingerprint density at radius 3 is 2.07 bits per heavy atom. The smallest absolute Gasteiger partial charge is 0.112 e. The van der Waals surface area contributed by atoms with E-state index in [0.717, 1.165) is 4.48 Å². The fourth-order valence-electron chi connectivity index (χ4n) is 1.23. The van der Waals surface area contributed by atoms with Crippen LogP contribution in [0.4, 0.5) is 0 Å². The van der Waals surface area contributed by atoms with Gasteiger partial charge in [0.25, 0.3) is 0 Å². The van der Waals surface area contributed by atoms with Gasteiger partial charge in [-0.25, -0.2) is 0 Å². The highest BCUT2D eigenvalue weighted by Gasteiger charge is 2.21. The van der Waals surface area contributed by atoms with Gasteiger partial charge in [0.2, 0.25) is 0 Å². The Bertz CT molecular complexity index is 292. The molecule has 0 aliphatic heterocycles. The summed E-state index contributed by atoms with van der Waals surface area (Å²) in [5, 5.41) is 0. The molecule has 0 fully saturated rings. The van der Waals surface area contributed by atoms with Crippen LogP contribution >= 0.6 is 22.6 Å². The van der Waals surface area contributed by atoms with E-state index in [-0.39, 0.29) is 24.0 Å². The Balaban J connectivity index is 0.00000169. The average Bonchev–Trinajstić information content (AvgIpc) is 2.02. The lowest BCUT2D eigenvalue weighted by Crippen LogP contribution is -3.00. The minimum absolute atomic E-state index is 0. The van der Waals surface area contributed by atoms with Crippen LogP contribution in [-0.2, 0) is 0 Å². The third kappa shape index (κ3) is 3.66. The predicted molar refractivity (Wildman–Crippen MR) is 65.6 cm³/mol. The summed E-state index contributed by atoms with van der Waals surface area (Å²) in [6, 6.07) is 9.14. The van der Waals surface area contributed by atoms with E-state index in [1.807, 2.05) is 0 Å². The SMILES string of the molecule is C[C@@H](c1ccccc1I)[N+](C)(C)C.[I-]. The highest BCUT2D eigenvalue weighted by Crippen LogP contribution is 2.26. The summed E-state index contributed by atoms with van der Waals surface area (Å²) in [6.07, 6.45) is 0. The van der Waals surface area contributed by atoms with Crippen molar-refractivity contribution < 1.29 is 28.5 Å². The van der Waals surface area contributed by atoms with Crippen LogP contribution in [-0.4, -0.2) is 25.6 Å². The zero-order valence-corrected chi connectivity index (χ0v) is 13.4. The van der Waals surface area contributed by atoms with Crippen molar-refractivity contribution in [3.05, 3.63) is 33.4 Å². The van der Waals surface area contributed by atoms with Gasteiger partial charge in [0.15, 0.2) is 0 Å². The van der Waals surface area contributed by atoms with Crippen molar-refractivity contribution in [1.29, 1.82) is 0 Å². The second-order valence-corrected chi connectivity index (χ2v) is 5.48. The molecular formula is C11H17I2N. The summed E-state index contributed by atoms with van der Waals surface area (Å²) >= 11 is 2.41. The lowest BCUT2D eigenvalue weighted by Gasteiger charge is -2.32. The van der Waals surface area contributed by atoms with Crippen molar-refractivity contribution in [2.45, 2.75) is 13.0 Å². The van der Waals surface area contributed by atoms with Gasteiger partial charge in [-0.05, 0) is 35.6 Å². The van der Waals surface area contributed by atoms with Gasteiger partial charge in [-0.2, -0.15) is 0 Å². The van der Waals surface area contributed by atoms with Gasteiger partial charge in [-0.15, -0.1) is 0 Å². The first-order chi connectivity index (χ1) is 5.93. The number of halogens is 2. The summed E-state index contributed by atoms with van der Waals surface area (Å²) in [6.45, 7) is 2.28. The predicted octanol–water partition coefficient (Wildman–Crippen LogP) is 0.0624. The fourth-order valence-corrected chi connectivity index (χ4v) is 2.07. The summed E-state index contributed by atoms with van der Waals surface area (Å²) in [7, 11) is 6.69. The van der Waals surface area contributed by atoms with Gasteiger partial charge in [-0.3, -0.25) is 0 Å². The van der Waals surface area contributed by atoms with E-state index < -0.39 is 0 Å². The molecule has 0 aliphatic rings. The zero-order valence-electron chi connectivity index (χ0n) is 9.09. The molecule has 0 saturated carbocycles. The van der Waals surface area contributed by atoms with Crippen molar-refractivity contribution >= 4 is 22.6 Å². The molecule has 0 amide bonds. The number of quaternary nitrogens is 1. The summed E-state index contributed by atoms with van der Waals surface area (Å²) in [4.78, 5) is 0. The van der Waals surface area contributed by atoms with E-state index in [9.17, 15) is 0 Å². The van der Waals surface area contributed by atoms with Gasteiger partial charge in [0.1, 0.15) is 6.04 Å². The molecule has 0 radical (unpaired) electrons. The topological polar surface area (TPSA) is 0 Å². The highest BCUT2D eigenvalue weighted by molar-refractivity contribution is 14.1. The van der Waals surface area contributed by atoms with Crippen molar-refractivity contribution in [3.63, 3.8) is 0 Å². The van der Waals surface area contributed by atoms with Crippen LogP contribution in [0.25, 0.3) is 0 Å². The first-order valence-electron chi connectivity index (χ1n) is 4.48. The minimum Gasteiger partial charge on any atom is -1.00 e. The van der Waals surface area contributed by atoms with Crippen molar-refractivity contribution in [3.8, 4) is 0 Å². The Morgan fingerprint density at radius 2 is 1.64 bits per heavy atom. The minimum atomic E-state index is 0. The van der Waals surface area contributed by atoms with Gasteiger partial charge in [0, 0.05) is 9.13 Å². The standard InChI is InChI=1S/C11H17IN.HI/c1-9(13(2,3)4)10-7-5-6-8-11(10)12;/h5-9H,1-4H3;1H/q+1;/p-1/t9-;/m0./s1. The molecule has 1 nitrogen and oxygen atoms in total. The maximum atomic E-state index is 2.41. The number of hydrogen-bond donors (Lipinski definition) is 0. The molecule has 1 aromatic carbocycles. The lowest BCUT2D eigenvalue weighted by atomic mass is 10.1. The molecule has 80 valence electrons. The van der Waals surface area contributed by atoms with Crippen LogP contribution in [0.2, 0.25) is 0 Å². The Kier molecular flexibility index (Phi) is 5.91. The van der Waals surface area contributed by atoms with Crippen LogP contribution in [0.5, 0.6) is 0 Å². The van der Waals surface area contributed by atoms with E-state index in [0.29, 0.717) is 6.04 Å². The molecule has 14 heavy (non-hydrogen) atoms. The molecule has 0 spiro atoms. The maximum absolute atomic E-state index is 2.41. The summed E-state index contributed by atoms with van der Waals surface area (Å²) < 4.78 is 2.33. The van der Waals surface area contributed by atoms with Crippen LogP contribution in [0.3, 0.4) is 0 Å². The third-order valence-corrected chi connectivity index (χ3v) is 3.50. The van der Waals surface area contributed by atoms with Crippen LogP contribution in [0.1, 0.15) is 18.5 Å². The first kappa shape index (κ1) is 14.6. The summed E-state index contributed by atoms with van der Waals surface area (Å²) in [5.41, 5.74) is 1.44. The molecule has 1 rings (SSSR count).